The lowest BCUT2D eigenvalue weighted by Crippen LogP contribution is -2.27. The second-order valence-electron chi connectivity index (χ2n) is 4.71. The van der Waals surface area contributed by atoms with Crippen LogP contribution >= 0.6 is 0 Å². The van der Waals surface area contributed by atoms with Gasteiger partial charge in [-0.1, -0.05) is 20.8 Å². The average molecular weight is 157 g/mol. The molecule has 0 aliphatic heterocycles. The van der Waals surface area contributed by atoms with E-state index in [1.165, 1.54) is 0 Å². The smallest absolute Gasteiger partial charge is 0.0600 e. The highest BCUT2D eigenvalue weighted by atomic mass is 16.3. The van der Waals surface area contributed by atoms with Crippen molar-refractivity contribution in [3.63, 3.8) is 0 Å². The molecule has 1 aliphatic rings. The van der Waals surface area contributed by atoms with Gasteiger partial charge in [-0.3, -0.25) is 0 Å². The van der Waals surface area contributed by atoms with Gasteiger partial charge in [0.25, 0.3) is 0 Å². The Hall–Kier alpha value is -0.0400. The first-order valence-corrected chi connectivity index (χ1v) is 4.54. The second-order valence-corrected chi connectivity index (χ2v) is 4.71. The van der Waals surface area contributed by atoms with Gasteiger partial charge < -0.3 is 5.11 Å². The van der Waals surface area contributed by atoms with Crippen LogP contribution in [0.4, 0.5) is 0 Å². The standard InChI is InChI=1S/C10H20O/c1-10(2,3)8-4-6-9(11)7-5-8/h8-9,11H,4-7H2,1-3H3/i9D. The third-order valence-electron chi connectivity index (χ3n) is 2.79. The first-order chi connectivity index (χ1) is 5.31. The van der Waals surface area contributed by atoms with Crippen LogP contribution in [-0.2, 0) is 0 Å². The molecule has 1 heteroatoms. The van der Waals surface area contributed by atoms with Crippen LogP contribution in [0.25, 0.3) is 0 Å². The molecular formula is C10H20O. The Bertz CT molecular complexity index is 148. The average Bonchev–Trinajstić information content (AvgIpc) is 1.83. The highest BCUT2D eigenvalue weighted by Gasteiger charge is 2.28. The molecule has 0 heterocycles. The van der Waals surface area contributed by atoms with Gasteiger partial charge in [0.2, 0.25) is 0 Å². The summed E-state index contributed by atoms with van der Waals surface area (Å²) in [6.45, 7) is 6.73. The van der Waals surface area contributed by atoms with Crippen LogP contribution in [0.2, 0.25) is 0 Å². The summed E-state index contributed by atoms with van der Waals surface area (Å²) in [7, 11) is 0. The molecule has 0 aromatic heterocycles. The molecule has 1 nitrogen and oxygen atoms in total. The lowest BCUT2D eigenvalue weighted by Gasteiger charge is -2.35. The summed E-state index contributed by atoms with van der Waals surface area (Å²) in [5.74, 6) is 0.683. The molecule has 0 unspecified atom stereocenters. The van der Waals surface area contributed by atoms with E-state index in [2.05, 4.69) is 20.8 Å². The minimum atomic E-state index is -1.12. The van der Waals surface area contributed by atoms with Crippen molar-refractivity contribution < 1.29 is 6.48 Å². The lowest BCUT2D eigenvalue weighted by atomic mass is 9.72. The molecule has 1 fully saturated rings. The molecule has 1 saturated carbocycles. The molecule has 0 bridgehead atoms. The normalized spacial score (nSPS) is 41.8. The van der Waals surface area contributed by atoms with Gasteiger partial charge in [0.15, 0.2) is 0 Å². The Kier molecular flexibility index (Phi) is 2.17. The maximum Gasteiger partial charge on any atom is 0.0600 e. The summed E-state index contributed by atoms with van der Waals surface area (Å²) in [6.07, 6.45) is 2.18. The predicted molar refractivity (Wildman–Crippen MR) is 47.4 cm³/mol. The van der Waals surface area contributed by atoms with E-state index < -0.39 is 6.08 Å². The summed E-state index contributed by atoms with van der Waals surface area (Å²) >= 11 is 0. The summed E-state index contributed by atoms with van der Waals surface area (Å²) in [4.78, 5) is 0. The van der Waals surface area contributed by atoms with E-state index in [-0.39, 0.29) is 0 Å². The quantitative estimate of drug-likeness (QED) is 0.573. The zero-order valence-electron chi connectivity index (χ0n) is 8.85. The highest BCUT2D eigenvalue weighted by Crippen LogP contribution is 2.37. The minimum absolute atomic E-state index is 0.344. The molecule has 0 atom stereocenters. The van der Waals surface area contributed by atoms with Crippen LogP contribution in [0.5, 0.6) is 0 Å². The van der Waals surface area contributed by atoms with E-state index in [0.717, 1.165) is 12.8 Å². The Labute approximate surface area is 71.2 Å². The molecule has 0 aromatic rings. The van der Waals surface area contributed by atoms with Gasteiger partial charge >= 0.3 is 0 Å². The van der Waals surface area contributed by atoms with Crippen LogP contribution in [-0.4, -0.2) is 11.2 Å². The molecule has 0 aromatic carbocycles. The van der Waals surface area contributed by atoms with Crippen molar-refractivity contribution in [3.05, 3.63) is 0 Å². The monoisotopic (exact) mass is 157 g/mol. The summed E-state index contributed by atoms with van der Waals surface area (Å²) in [5, 5.41) is 9.42. The third-order valence-corrected chi connectivity index (χ3v) is 2.79. The lowest BCUT2D eigenvalue weighted by molar-refractivity contribution is 0.0725. The van der Waals surface area contributed by atoms with Crippen molar-refractivity contribution >= 4 is 0 Å². The van der Waals surface area contributed by atoms with Crippen molar-refractivity contribution in [1.82, 2.24) is 0 Å². The number of rotatable bonds is 0. The van der Waals surface area contributed by atoms with Crippen LogP contribution in [0, 0.1) is 11.3 Å². The molecule has 1 rings (SSSR count). The van der Waals surface area contributed by atoms with Crippen LogP contribution < -0.4 is 0 Å². The van der Waals surface area contributed by atoms with Gasteiger partial charge in [0.05, 0.1) is 7.45 Å². The van der Waals surface area contributed by atoms with Crippen molar-refractivity contribution in [1.29, 1.82) is 0 Å². The van der Waals surface area contributed by atoms with E-state index in [1.807, 2.05) is 0 Å². The van der Waals surface area contributed by atoms with E-state index in [4.69, 9.17) is 1.37 Å². The van der Waals surface area contributed by atoms with Gasteiger partial charge in [-0.15, -0.1) is 0 Å². The maximum atomic E-state index is 9.42. The summed E-state index contributed by atoms with van der Waals surface area (Å²) in [6, 6.07) is 0. The fourth-order valence-electron chi connectivity index (χ4n) is 1.82. The molecule has 66 valence electrons. The molecule has 0 saturated heterocycles. The topological polar surface area (TPSA) is 20.2 Å². The number of aliphatic hydroxyl groups is 1. The largest absolute Gasteiger partial charge is 0.393 e. The predicted octanol–water partition coefficient (Wildman–Crippen LogP) is 2.58. The van der Waals surface area contributed by atoms with Crippen molar-refractivity contribution in [2.45, 2.75) is 52.5 Å². The van der Waals surface area contributed by atoms with Crippen molar-refractivity contribution in [2.24, 2.45) is 11.3 Å². The Morgan fingerprint density at radius 3 is 2.00 bits per heavy atom. The Morgan fingerprint density at radius 1 is 1.18 bits per heavy atom. The van der Waals surface area contributed by atoms with Crippen LogP contribution in [0.1, 0.15) is 47.8 Å². The molecular weight excluding hydrogens is 136 g/mol. The van der Waals surface area contributed by atoms with E-state index in [1.54, 1.807) is 0 Å². The molecule has 0 spiro atoms. The van der Waals surface area contributed by atoms with Crippen molar-refractivity contribution in [2.75, 3.05) is 0 Å². The molecule has 1 N–H and O–H groups in total. The van der Waals surface area contributed by atoms with Gasteiger partial charge in [-0.25, -0.2) is 0 Å². The zero-order valence-corrected chi connectivity index (χ0v) is 7.85. The second kappa shape index (κ2) is 3.14. The van der Waals surface area contributed by atoms with Crippen LogP contribution in [0.3, 0.4) is 0 Å². The summed E-state index contributed by atoms with van der Waals surface area (Å²) < 4.78 is 7.48. The van der Waals surface area contributed by atoms with E-state index in [9.17, 15) is 5.11 Å². The first kappa shape index (κ1) is 7.60. The van der Waals surface area contributed by atoms with E-state index >= 15 is 0 Å². The van der Waals surface area contributed by atoms with E-state index in [0.29, 0.717) is 24.2 Å². The molecule has 11 heavy (non-hydrogen) atoms. The fourth-order valence-corrected chi connectivity index (χ4v) is 1.82. The van der Waals surface area contributed by atoms with Crippen molar-refractivity contribution in [3.8, 4) is 0 Å². The fraction of sp³-hybridized carbons (Fsp3) is 1.00. The Morgan fingerprint density at radius 2 is 1.64 bits per heavy atom. The van der Waals surface area contributed by atoms with Gasteiger partial charge in [0.1, 0.15) is 0 Å². The van der Waals surface area contributed by atoms with Crippen LogP contribution in [0.15, 0.2) is 0 Å². The van der Waals surface area contributed by atoms with Gasteiger partial charge in [0, 0.05) is 0 Å². The highest BCUT2D eigenvalue weighted by molar-refractivity contribution is 4.79. The number of hydrogen-bond donors (Lipinski definition) is 1. The van der Waals surface area contributed by atoms with Gasteiger partial charge in [-0.2, -0.15) is 0 Å². The molecule has 0 radical (unpaired) electrons. The summed E-state index contributed by atoms with van der Waals surface area (Å²) in [5.41, 5.74) is 0.344. The number of hydrogen-bond acceptors (Lipinski definition) is 1. The first-order valence-electron chi connectivity index (χ1n) is 5.04. The SMILES string of the molecule is [2H]C1(O)CCC(C(C)(C)C)CC1. The Balaban J connectivity index is 2.47. The molecule has 1 aliphatic carbocycles. The maximum absolute atomic E-state index is 9.42. The van der Waals surface area contributed by atoms with Gasteiger partial charge in [-0.05, 0) is 37.0 Å². The zero-order chi connectivity index (χ0) is 9.41. The minimum Gasteiger partial charge on any atom is -0.393 e. The molecule has 0 amide bonds. The third kappa shape index (κ3) is 2.48.